The molecule has 0 radical (unpaired) electrons. The summed E-state index contributed by atoms with van der Waals surface area (Å²) in [6, 6.07) is 15.6. The van der Waals surface area contributed by atoms with Crippen LogP contribution in [0.1, 0.15) is 56.3 Å². The van der Waals surface area contributed by atoms with E-state index in [2.05, 4.69) is 36.7 Å². The van der Waals surface area contributed by atoms with Gasteiger partial charge in [0.15, 0.2) is 0 Å². The molecule has 0 N–H and O–H groups in total. The van der Waals surface area contributed by atoms with Gasteiger partial charge in [0, 0.05) is 25.1 Å². The number of carbonyl (C=O) groups is 1. The van der Waals surface area contributed by atoms with Gasteiger partial charge in [-0.05, 0) is 61.1 Å². The lowest BCUT2D eigenvalue weighted by atomic mass is 9.88. The molecule has 1 unspecified atom stereocenters. The van der Waals surface area contributed by atoms with Crippen molar-refractivity contribution in [1.29, 1.82) is 0 Å². The first-order chi connectivity index (χ1) is 16.7. The average Bonchev–Trinajstić information content (AvgIpc) is 3.19. The number of fused-ring (bicyclic) bond motifs is 1. The fourth-order valence-electron chi connectivity index (χ4n) is 4.64. The molecule has 186 valence electrons. The lowest BCUT2D eigenvalue weighted by Gasteiger charge is -2.39. The van der Waals surface area contributed by atoms with E-state index in [1.807, 2.05) is 56.3 Å². The van der Waals surface area contributed by atoms with Crippen molar-refractivity contribution in [2.75, 3.05) is 26.3 Å². The van der Waals surface area contributed by atoms with Crippen LogP contribution < -0.4 is 4.74 Å². The Bertz CT molecular complexity index is 1150. The van der Waals surface area contributed by atoms with E-state index in [1.165, 1.54) is 5.56 Å². The van der Waals surface area contributed by atoms with E-state index < -0.39 is 6.04 Å². The number of esters is 1. The highest BCUT2D eigenvalue weighted by molar-refractivity contribution is 5.79. The topological polar surface area (TPSA) is 64.8 Å². The van der Waals surface area contributed by atoms with Crippen LogP contribution in [0, 0.1) is 12.3 Å². The van der Waals surface area contributed by atoms with Crippen molar-refractivity contribution < 1.29 is 18.7 Å². The highest BCUT2D eigenvalue weighted by Gasteiger charge is 2.36. The molecule has 6 heteroatoms. The molecular formula is C29H36N2O4. The second kappa shape index (κ2) is 10.6. The zero-order valence-corrected chi connectivity index (χ0v) is 21.5. The van der Waals surface area contributed by atoms with Crippen molar-refractivity contribution in [3.05, 3.63) is 71.1 Å². The van der Waals surface area contributed by atoms with Gasteiger partial charge in [0.2, 0.25) is 5.89 Å². The smallest absolute Gasteiger partial charge is 0.328 e. The minimum absolute atomic E-state index is 0.0738. The van der Waals surface area contributed by atoms with Gasteiger partial charge in [-0.1, -0.05) is 45.0 Å². The number of oxazole rings is 1. The van der Waals surface area contributed by atoms with Crippen LogP contribution in [-0.4, -0.2) is 42.2 Å². The predicted octanol–water partition coefficient (Wildman–Crippen LogP) is 5.78. The van der Waals surface area contributed by atoms with Crippen molar-refractivity contribution >= 4 is 5.97 Å². The van der Waals surface area contributed by atoms with E-state index in [9.17, 15) is 4.79 Å². The van der Waals surface area contributed by atoms with Gasteiger partial charge in [0.25, 0.3) is 0 Å². The number of carbonyl (C=O) groups excluding carboxylic acids is 1. The summed E-state index contributed by atoms with van der Waals surface area (Å²) in [5.41, 5.74) is 4.09. The lowest BCUT2D eigenvalue weighted by molar-refractivity contribution is -0.150. The van der Waals surface area contributed by atoms with Crippen molar-refractivity contribution in [1.82, 2.24) is 9.88 Å². The number of aryl methyl sites for hydroxylation is 1. The molecule has 35 heavy (non-hydrogen) atoms. The van der Waals surface area contributed by atoms with Crippen molar-refractivity contribution in [2.24, 2.45) is 5.41 Å². The number of nitrogens with zero attached hydrogens (tertiary/aromatic N) is 2. The van der Waals surface area contributed by atoms with Gasteiger partial charge >= 0.3 is 5.97 Å². The Morgan fingerprint density at radius 3 is 2.66 bits per heavy atom. The molecule has 1 aromatic heterocycles. The predicted molar refractivity (Wildman–Crippen MR) is 136 cm³/mol. The first-order valence-corrected chi connectivity index (χ1v) is 12.4. The van der Waals surface area contributed by atoms with E-state index in [0.29, 0.717) is 25.5 Å². The zero-order valence-electron chi connectivity index (χ0n) is 21.5. The Labute approximate surface area is 208 Å². The number of benzene rings is 2. The van der Waals surface area contributed by atoms with Crippen LogP contribution >= 0.6 is 0 Å². The zero-order chi connectivity index (χ0) is 25.0. The van der Waals surface area contributed by atoms with Crippen LogP contribution in [0.5, 0.6) is 5.75 Å². The van der Waals surface area contributed by atoms with Gasteiger partial charge in [-0.3, -0.25) is 4.90 Å². The van der Waals surface area contributed by atoms with Crippen LogP contribution in [-0.2, 0) is 22.4 Å². The minimum Gasteiger partial charge on any atom is -0.493 e. The summed E-state index contributed by atoms with van der Waals surface area (Å²) in [7, 11) is 0. The molecule has 1 atom stereocenters. The Morgan fingerprint density at radius 1 is 1.17 bits per heavy atom. The number of ether oxygens (including phenoxy) is 2. The van der Waals surface area contributed by atoms with Crippen LogP contribution in [0.4, 0.5) is 0 Å². The molecule has 2 heterocycles. The minimum atomic E-state index is -0.410. The summed E-state index contributed by atoms with van der Waals surface area (Å²) in [6.45, 7) is 12.9. The second-order valence-electron chi connectivity index (χ2n) is 10.3. The first-order valence-electron chi connectivity index (χ1n) is 12.4. The van der Waals surface area contributed by atoms with Crippen LogP contribution in [0.15, 0.2) is 52.9 Å². The monoisotopic (exact) mass is 476 g/mol. The van der Waals surface area contributed by atoms with E-state index in [4.69, 9.17) is 13.9 Å². The highest BCUT2D eigenvalue weighted by Crippen LogP contribution is 2.35. The van der Waals surface area contributed by atoms with E-state index >= 15 is 0 Å². The Morgan fingerprint density at radius 2 is 1.94 bits per heavy atom. The summed E-state index contributed by atoms with van der Waals surface area (Å²) in [4.78, 5) is 19.9. The standard InChI is InChI=1S/C29H36N2O4/c1-6-33-28(32)26-24-18-23(13-12-21(24)14-16-31(26)19-29(3,4)5)34-17-15-25-20(2)35-27(30-25)22-10-8-7-9-11-22/h7-13,18,26H,6,14-17,19H2,1-5H3. The summed E-state index contributed by atoms with van der Waals surface area (Å²) >= 11 is 0. The Kier molecular flexibility index (Phi) is 7.60. The number of hydrogen-bond acceptors (Lipinski definition) is 6. The summed E-state index contributed by atoms with van der Waals surface area (Å²) in [6.07, 6.45) is 1.54. The highest BCUT2D eigenvalue weighted by atomic mass is 16.5. The first kappa shape index (κ1) is 25.0. The van der Waals surface area contributed by atoms with Crippen molar-refractivity contribution in [2.45, 2.75) is 53.5 Å². The molecule has 0 saturated carbocycles. The third kappa shape index (κ3) is 6.12. The number of hydrogen-bond donors (Lipinski definition) is 0. The van der Waals surface area contributed by atoms with Gasteiger partial charge < -0.3 is 13.9 Å². The molecule has 1 aliphatic heterocycles. The van der Waals surface area contributed by atoms with E-state index in [0.717, 1.165) is 47.8 Å². The number of aromatic nitrogens is 1. The summed E-state index contributed by atoms with van der Waals surface area (Å²) in [5, 5.41) is 0. The van der Waals surface area contributed by atoms with Gasteiger partial charge in [-0.15, -0.1) is 0 Å². The fraction of sp³-hybridized carbons (Fsp3) is 0.448. The molecule has 3 aromatic rings. The molecule has 2 aromatic carbocycles. The molecular weight excluding hydrogens is 440 g/mol. The van der Waals surface area contributed by atoms with Gasteiger partial charge in [0.05, 0.1) is 18.9 Å². The Hall–Kier alpha value is -3.12. The summed E-state index contributed by atoms with van der Waals surface area (Å²) < 4.78 is 17.5. The van der Waals surface area contributed by atoms with E-state index in [1.54, 1.807) is 0 Å². The van der Waals surface area contributed by atoms with E-state index in [-0.39, 0.29) is 11.4 Å². The molecule has 0 saturated heterocycles. The molecule has 0 fully saturated rings. The maximum absolute atomic E-state index is 13.0. The molecule has 0 aliphatic carbocycles. The van der Waals surface area contributed by atoms with Crippen LogP contribution in [0.2, 0.25) is 0 Å². The SMILES string of the molecule is CCOC(=O)C1c2cc(OCCc3nc(-c4ccccc4)oc3C)ccc2CCN1CC(C)(C)C. The van der Waals surface area contributed by atoms with Gasteiger partial charge in [0.1, 0.15) is 17.6 Å². The third-order valence-electron chi connectivity index (χ3n) is 6.15. The van der Waals surface area contributed by atoms with Gasteiger partial charge in [-0.25, -0.2) is 9.78 Å². The maximum atomic E-state index is 13.0. The lowest BCUT2D eigenvalue weighted by Crippen LogP contribution is -2.44. The second-order valence-corrected chi connectivity index (χ2v) is 10.3. The molecule has 4 rings (SSSR count). The Balaban J connectivity index is 1.48. The van der Waals surface area contributed by atoms with Gasteiger partial charge in [-0.2, -0.15) is 0 Å². The quantitative estimate of drug-likeness (QED) is 0.384. The molecule has 6 nitrogen and oxygen atoms in total. The number of rotatable bonds is 8. The maximum Gasteiger partial charge on any atom is 0.328 e. The molecule has 0 spiro atoms. The van der Waals surface area contributed by atoms with Crippen molar-refractivity contribution in [3.8, 4) is 17.2 Å². The summed E-state index contributed by atoms with van der Waals surface area (Å²) in [5.74, 6) is 1.99. The van der Waals surface area contributed by atoms with Crippen molar-refractivity contribution in [3.63, 3.8) is 0 Å². The van der Waals surface area contributed by atoms with Crippen LogP contribution in [0.25, 0.3) is 11.5 Å². The average molecular weight is 477 g/mol. The molecule has 1 aliphatic rings. The molecule has 0 amide bonds. The third-order valence-corrected chi connectivity index (χ3v) is 6.15. The molecule has 0 bridgehead atoms. The normalized spacial score (nSPS) is 16.1. The largest absolute Gasteiger partial charge is 0.493 e. The fourth-order valence-corrected chi connectivity index (χ4v) is 4.64. The van der Waals surface area contributed by atoms with Crippen LogP contribution in [0.3, 0.4) is 0 Å².